The van der Waals surface area contributed by atoms with Crippen LogP contribution in [-0.4, -0.2) is 115 Å². The van der Waals surface area contributed by atoms with E-state index in [1.54, 1.807) is 36.1 Å². The highest BCUT2D eigenvalue weighted by Crippen LogP contribution is 2.15. The van der Waals surface area contributed by atoms with E-state index in [4.69, 9.17) is 9.47 Å². The van der Waals surface area contributed by atoms with Gasteiger partial charge in [-0.2, -0.15) is 0 Å². The quantitative estimate of drug-likeness (QED) is 0.309. The normalized spacial score (nSPS) is 23.2. The molecular weight excluding hydrogens is 506 g/mol. The lowest BCUT2D eigenvalue weighted by Crippen LogP contribution is -2.53. The molecule has 0 spiro atoms. The maximum atomic E-state index is 13.0. The number of amides is 4. The molecule has 2 aliphatic rings. The molecule has 0 aliphatic carbocycles. The summed E-state index contributed by atoms with van der Waals surface area (Å²) >= 11 is 0. The molecule has 12 nitrogen and oxygen atoms in total. The molecule has 2 fully saturated rings. The first kappa shape index (κ1) is 30.3. The van der Waals surface area contributed by atoms with E-state index in [9.17, 15) is 24.3 Å². The van der Waals surface area contributed by atoms with Crippen molar-refractivity contribution < 1.29 is 33.8 Å². The van der Waals surface area contributed by atoms with Gasteiger partial charge in [-0.05, 0) is 24.6 Å². The number of aliphatic hydroxyl groups is 1. The Hall–Kier alpha value is -3.22. The van der Waals surface area contributed by atoms with Gasteiger partial charge in [0.15, 0.2) is 6.61 Å². The van der Waals surface area contributed by atoms with Crippen LogP contribution in [-0.2, 0) is 30.3 Å². The lowest BCUT2D eigenvalue weighted by atomic mass is 10.0. The number of ether oxygens (including phenoxy) is 2. The van der Waals surface area contributed by atoms with Crippen LogP contribution in [0, 0.1) is 0 Å². The van der Waals surface area contributed by atoms with Crippen molar-refractivity contribution in [2.75, 3.05) is 52.5 Å². The van der Waals surface area contributed by atoms with Crippen LogP contribution < -0.4 is 20.7 Å². The zero-order valence-corrected chi connectivity index (χ0v) is 23.0. The first-order chi connectivity index (χ1) is 18.6. The van der Waals surface area contributed by atoms with Gasteiger partial charge in [-0.15, -0.1) is 0 Å². The van der Waals surface area contributed by atoms with E-state index in [1.807, 2.05) is 13.8 Å². The number of rotatable bonds is 9. The molecule has 3 atom stereocenters. The fourth-order valence-electron chi connectivity index (χ4n) is 4.32. The smallest absolute Gasteiger partial charge is 0.260 e. The molecule has 0 unspecified atom stereocenters. The van der Waals surface area contributed by atoms with Crippen molar-refractivity contribution in [3.8, 4) is 5.75 Å². The Morgan fingerprint density at radius 1 is 1.15 bits per heavy atom. The maximum Gasteiger partial charge on any atom is 0.260 e. The van der Waals surface area contributed by atoms with E-state index in [0.29, 0.717) is 45.1 Å². The maximum absolute atomic E-state index is 13.0. The molecule has 216 valence electrons. The van der Waals surface area contributed by atoms with Crippen LogP contribution in [0.15, 0.2) is 24.3 Å². The van der Waals surface area contributed by atoms with Crippen LogP contribution in [0.2, 0.25) is 0 Å². The topological polar surface area (TPSA) is 150 Å². The number of hydrogen-bond acceptors (Lipinski definition) is 8. The number of morpholine rings is 1. The van der Waals surface area contributed by atoms with Gasteiger partial charge in [0.05, 0.1) is 38.3 Å². The zero-order valence-electron chi connectivity index (χ0n) is 23.0. The summed E-state index contributed by atoms with van der Waals surface area (Å²) in [6.45, 7) is 8.23. The summed E-state index contributed by atoms with van der Waals surface area (Å²) in [5.74, 6) is -0.863. The van der Waals surface area contributed by atoms with Crippen LogP contribution in [0.4, 0.5) is 0 Å². The molecule has 2 aliphatic heterocycles. The predicted octanol–water partition coefficient (Wildman–Crippen LogP) is -0.953. The lowest BCUT2D eigenvalue weighted by molar-refractivity contribution is -0.138. The average Bonchev–Trinajstić information content (AvgIpc) is 2.92. The number of carbonyl (C=O) groups excluding carboxylic acids is 4. The molecule has 0 radical (unpaired) electrons. The molecule has 39 heavy (non-hydrogen) atoms. The molecule has 4 amide bonds. The Labute approximate surface area is 229 Å². The van der Waals surface area contributed by atoms with Gasteiger partial charge in [-0.25, -0.2) is 0 Å². The van der Waals surface area contributed by atoms with E-state index in [2.05, 4.69) is 16.0 Å². The molecule has 12 heteroatoms. The Morgan fingerprint density at radius 2 is 1.85 bits per heavy atom. The third-order valence-corrected chi connectivity index (χ3v) is 6.69. The molecule has 1 aromatic rings. The lowest BCUT2D eigenvalue weighted by Gasteiger charge is -2.26. The second kappa shape index (κ2) is 14.8. The van der Waals surface area contributed by atoms with Crippen molar-refractivity contribution in [1.82, 2.24) is 25.8 Å². The summed E-state index contributed by atoms with van der Waals surface area (Å²) in [7, 11) is 0. The molecular formula is C27H41N5O7. The first-order valence-corrected chi connectivity index (χ1v) is 13.5. The van der Waals surface area contributed by atoms with Crippen molar-refractivity contribution in [1.29, 1.82) is 0 Å². The Kier molecular flexibility index (Phi) is 11.5. The molecule has 2 heterocycles. The molecule has 0 saturated carbocycles. The molecule has 3 rings (SSSR count). The molecule has 1 aromatic carbocycles. The minimum absolute atomic E-state index is 0.0808. The summed E-state index contributed by atoms with van der Waals surface area (Å²) in [5.41, 5.74) is 0.763. The monoisotopic (exact) mass is 547 g/mol. The second-order valence-corrected chi connectivity index (χ2v) is 10.2. The molecule has 2 saturated heterocycles. The SMILES string of the molecule is CC(C)NCCN1CC(=O)N[C@@H](Cc2ccc(OCC(=O)N3CCOCC3)cc2)C(=O)N[C@@H](C)[C@@H](O)CC1=O. The fraction of sp³-hybridized carbons (Fsp3) is 0.630. The standard InChI is InChI=1S/C27H41N5O7/c1-18(2)28-8-9-32-16-24(34)30-22(27(37)29-19(3)23(33)15-25(32)35)14-20-4-6-21(7-5-20)39-17-26(36)31-10-12-38-13-11-31/h4-7,18-19,22-23,28,33H,8-17H2,1-3H3,(H,29,37)(H,30,34)/t19-,22-,23-/m0/s1. The summed E-state index contributed by atoms with van der Waals surface area (Å²) in [6, 6.07) is 5.58. The van der Waals surface area contributed by atoms with Gasteiger partial charge in [0.1, 0.15) is 11.8 Å². The molecule has 0 bridgehead atoms. The van der Waals surface area contributed by atoms with Gasteiger partial charge < -0.3 is 40.3 Å². The van der Waals surface area contributed by atoms with Crippen molar-refractivity contribution in [2.24, 2.45) is 0 Å². The number of hydrogen-bond donors (Lipinski definition) is 4. The minimum atomic E-state index is -1.09. The van der Waals surface area contributed by atoms with Crippen LogP contribution in [0.3, 0.4) is 0 Å². The van der Waals surface area contributed by atoms with Crippen LogP contribution in [0.25, 0.3) is 0 Å². The van der Waals surface area contributed by atoms with E-state index < -0.39 is 30.0 Å². The zero-order chi connectivity index (χ0) is 28.4. The van der Waals surface area contributed by atoms with E-state index in [1.165, 1.54) is 4.90 Å². The van der Waals surface area contributed by atoms with Crippen LogP contribution in [0.1, 0.15) is 32.8 Å². The van der Waals surface area contributed by atoms with E-state index in [-0.39, 0.29) is 43.8 Å². The van der Waals surface area contributed by atoms with Crippen molar-refractivity contribution >= 4 is 23.6 Å². The number of nitrogens with zero attached hydrogens (tertiary/aromatic N) is 2. The van der Waals surface area contributed by atoms with Gasteiger partial charge in [0.2, 0.25) is 17.7 Å². The number of benzene rings is 1. The van der Waals surface area contributed by atoms with Gasteiger partial charge >= 0.3 is 0 Å². The van der Waals surface area contributed by atoms with Gasteiger partial charge in [-0.1, -0.05) is 26.0 Å². The van der Waals surface area contributed by atoms with Crippen LogP contribution in [0.5, 0.6) is 5.75 Å². The van der Waals surface area contributed by atoms with Gasteiger partial charge in [0.25, 0.3) is 5.91 Å². The third-order valence-electron chi connectivity index (χ3n) is 6.69. The van der Waals surface area contributed by atoms with E-state index in [0.717, 1.165) is 5.56 Å². The van der Waals surface area contributed by atoms with Crippen LogP contribution >= 0.6 is 0 Å². The largest absolute Gasteiger partial charge is 0.484 e. The number of carbonyl (C=O) groups is 4. The highest BCUT2D eigenvalue weighted by molar-refractivity contribution is 5.91. The Morgan fingerprint density at radius 3 is 2.51 bits per heavy atom. The fourth-order valence-corrected chi connectivity index (χ4v) is 4.32. The van der Waals surface area contributed by atoms with Gasteiger partial charge in [-0.3, -0.25) is 19.2 Å². The highest BCUT2D eigenvalue weighted by Gasteiger charge is 2.30. The Bertz CT molecular complexity index is 981. The predicted molar refractivity (Wildman–Crippen MR) is 143 cm³/mol. The van der Waals surface area contributed by atoms with Crippen molar-refractivity contribution in [3.63, 3.8) is 0 Å². The highest BCUT2D eigenvalue weighted by atomic mass is 16.5. The second-order valence-electron chi connectivity index (χ2n) is 10.2. The Balaban J connectivity index is 1.63. The summed E-state index contributed by atoms with van der Waals surface area (Å²) < 4.78 is 10.9. The summed E-state index contributed by atoms with van der Waals surface area (Å²) in [5, 5.41) is 19.2. The summed E-state index contributed by atoms with van der Waals surface area (Å²) in [6.07, 6.45) is -1.10. The van der Waals surface area contributed by atoms with Crippen molar-refractivity contribution in [3.05, 3.63) is 29.8 Å². The number of aliphatic hydroxyl groups excluding tert-OH is 1. The third kappa shape index (κ3) is 9.79. The number of nitrogens with one attached hydrogen (secondary N) is 3. The van der Waals surface area contributed by atoms with Gasteiger partial charge in [0, 0.05) is 38.6 Å². The first-order valence-electron chi connectivity index (χ1n) is 13.5. The minimum Gasteiger partial charge on any atom is -0.484 e. The molecule has 0 aromatic heterocycles. The molecule has 4 N–H and O–H groups in total. The van der Waals surface area contributed by atoms with E-state index >= 15 is 0 Å². The van der Waals surface area contributed by atoms with Crippen molar-refractivity contribution in [2.45, 2.75) is 57.8 Å². The average molecular weight is 548 g/mol. The summed E-state index contributed by atoms with van der Waals surface area (Å²) in [4.78, 5) is 54.1.